The normalized spacial score (nSPS) is 15.6. The van der Waals surface area contributed by atoms with Gasteiger partial charge in [0.05, 0.1) is 0 Å². The molecule has 0 spiro atoms. The average molecular weight is 493 g/mol. The Hall–Kier alpha value is -3.49. The van der Waals surface area contributed by atoms with Gasteiger partial charge in [-0.05, 0) is 54.0 Å². The van der Waals surface area contributed by atoms with Gasteiger partial charge in [0.2, 0.25) is 5.91 Å². The third-order valence-corrected chi connectivity index (χ3v) is 6.78. The van der Waals surface area contributed by atoms with E-state index < -0.39 is 11.8 Å². The second-order valence-corrected chi connectivity index (χ2v) is 9.03. The van der Waals surface area contributed by atoms with Gasteiger partial charge in [-0.15, -0.1) is 0 Å². The van der Waals surface area contributed by atoms with Crippen LogP contribution in [0, 0.1) is 0 Å². The Morgan fingerprint density at radius 3 is 2.00 bits per heavy atom. The fraction of sp³-hybridized carbons (Fsp3) is 0.200. The number of hydrogen-bond donors (Lipinski definition) is 1. The number of nitrogens with one attached hydrogen (secondary N) is 1. The second kappa shape index (κ2) is 9.04. The van der Waals surface area contributed by atoms with Crippen LogP contribution in [0.3, 0.4) is 0 Å². The molecule has 34 heavy (non-hydrogen) atoms. The number of nitrogens with zero attached hydrogens (tertiary/aromatic N) is 3. The summed E-state index contributed by atoms with van der Waals surface area (Å²) in [7, 11) is 0. The van der Waals surface area contributed by atoms with Gasteiger partial charge in [-0.2, -0.15) is 0 Å². The average Bonchev–Trinajstić information content (AvgIpc) is 2.86. The SMILES string of the molecule is O=C(CN1C(=O)c2cccc3cccc(c23)C1=O)N1CCN(C(=S)Nc2ccc(Cl)cc2)CC1. The van der Waals surface area contributed by atoms with Crippen molar-refractivity contribution in [3.05, 3.63) is 76.8 Å². The molecule has 3 amide bonds. The quantitative estimate of drug-likeness (QED) is 0.444. The summed E-state index contributed by atoms with van der Waals surface area (Å²) in [5.74, 6) is -1.13. The smallest absolute Gasteiger partial charge is 0.261 e. The van der Waals surface area contributed by atoms with E-state index in [9.17, 15) is 14.4 Å². The standard InChI is InChI=1S/C25H21ClN4O3S/c26-17-7-9-18(10-8-17)27-25(34)29-13-11-28(12-14-29)21(31)15-30-23(32)19-5-1-3-16-4-2-6-20(22(16)19)24(30)33/h1-10H,11-15H2,(H,27,34). The number of piperazine rings is 1. The highest BCUT2D eigenvalue weighted by molar-refractivity contribution is 7.80. The molecule has 172 valence electrons. The number of carbonyl (C=O) groups excluding carboxylic acids is 3. The van der Waals surface area contributed by atoms with Crippen molar-refractivity contribution in [1.82, 2.24) is 14.7 Å². The highest BCUT2D eigenvalue weighted by Gasteiger charge is 2.35. The molecular formula is C25H21ClN4O3S. The Morgan fingerprint density at radius 1 is 0.853 bits per heavy atom. The minimum absolute atomic E-state index is 0.260. The molecule has 7 nitrogen and oxygen atoms in total. The Kier molecular flexibility index (Phi) is 5.93. The second-order valence-electron chi connectivity index (χ2n) is 8.21. The minimum Gasteiger partial charge on any atom is -0.345 e. The number of hydrogen-bond acceptors (Lipinski definition) is 4. The number of rotatable bonds is 3. The van der Waals surface area contributed by atoms with Crippen molar-refractivity contribution < 1.29 is 14.4 Å². The molecule has 0 atom stereocenters. The Balaban J connectivity index is 1.22. The molecule has 3 aromatic carbocycles. The van der Waals surface area contributed by atoms with E-state index in [2.05, 4.69) is 5.32 Å². The summed E-state index contributed by atoms with van der Waals surface area (Å²) in [4.78, 5) is 43.8. The van der Waals surface area contributed by atoms with Crippen LogP contribution >= 0.6 is 23.8 Å². The lowest BCUT2D eigenvalue weighted by Gasteiger charge is -2.37. The lowest BCUT2D eigenvalue weighted by molar-refractivity contribution is -0.132. The Morgan fingerprint density at radius 2 is 1.41 bits per heavy atom. The van der Waals surface area contributed by atoms with Crippen LogP contribution in [0.5, 0.6) is 0 Å². The molecular weight excluding hydrogens is 472 g/mol. The summed E-state index contributed by atoms with van der Waals surface area (Å²) >= 11 is 11.4. The maximum atomic E-state index is 13.1. The Labute approximate surface area is 206 Å². The van der Waals surface area contributed by atoms with Gasteiger partial charge in [0, 0.05) is 53.4 Å². The fourth-order valence-electron chi connectivity index (χ4n) is 4.35. The molecule has 9 heteroatoms. The van der Waals surface area contributed by atoms with Crippen LogP contribution in [-0.2, 0) is 4.79 Å². The van der Waals surface area contributed by atoms with Crippen molar-refractivity contribution in [3.8, 4) is 0 Å². The van der Waals surface area contributed by atoms with E-state index >= 15 is 0 Å². The molecule has 0 unspecified atom stereocenters. The van der Waals surface area contributed by atoms with E-state index in [1.807, 2.05) is 29.2 Å². The van der Waals surface area contributed by atoms with Crippen molar-refractivity contribution in [1.29, 1.82) is 0 Å². The Bertz CT molecular complexity index is 1270. The first-order valence-electron chi connectivity index (χ1n) is 10.9. The van der Waals surface area contributed by atoms with E-state index in [-0.39, 0.29) is 12.5 Å². The van der Waals surface area contributed by atoms with Crippen molar-refractivity contribution in [2.24, 2.45) is 0 Å². The van der Waals surface area contributed by atoms with Crippen LogP contribution in [0.4, 0.5) is 5.69 Å². The first-order chi connectivity index (χ1) is 16.4. The van der Waals surface area contributed by atoms with E-state index in [0.717, 1.165) is 16.0 Å². The minimum atomic E-state index is -0.436. The van der Waals surface area contributed by atoms with E-state index in [1.165, 1.54) is 0 Å². The number of benzene rings is 3. The van der Waals surface area contributed by atoms with Gasteiger partial charge in [0.25, 0.3) is 11.8 Å². The predicted octanol–water partition coefficient (Wildman–Crippen LogP) is 3.63. The maximum Gasteiger partial charge on any atom is 0.261 e. The van der Waals surface area contributed by atoms with E-state index in [0.29, 0.717) is 52.8 Å². The highest BCUT2D eigenvalue weighted by atomic mass is 35.5. The zero-order chi connectivity index (χ0) is 23.8. The van der Waals surface area contributed by atoms with Gasteiger partial charge in [0.15, 0.2) is 5.11 Å². The maximum absolute atomic E-state index is 13.1. The number of amides is 3. The van der Waals surface area contributed by atoms with Crippen molar-refractivity contribution >= 4 is 63.1 Å². The van der Waals surface area contributed by atoms with Crippen LogP contribution in [0.25, 0.3) is 10.8 Å². The van der Waals surface area contributed by atoms with Crippen LogP contribution in [0.2, 0.25) is 5.02 Å². The summed E-state index contributed by atoms with van der Waals surface area (Å²) < 4.78 is 0. The van der Waals surface area contributed by atoms with Crippen LogP contribution in [0.1, 0.15) is 20.7 Å². The molecule has 0 aliphatic carbocycles. The third-order valence-electron chi connectivity index (χ3n) is 6.16. The zero-order valence-electron chi connectivity index (χ0n) is 18.2. The monoisotopic (exact) mass is 492 g/mol. The number of imide groups is 1. The molecule has 1 saturated heterocycles. The molecule has 0 bridgehead atoms. The van der Waals surface area contributed by atoms with Gasteiger partial charge in [-0.1, -0.05) is 35.9 Å². The molecule has 2 aliphatic heterocycles. The molecule has 2 aliphatic rings. The van der Waals surface area contributed by atoms with Gasteiger partial charge >= 0.3 is 0 Å². The third kappa shape index (κ3) is 4.10. The number of thiocarbonyl (C=S) groups is 1. The van der Waals surface area contributed by atoms with Crippen molar-refractivity contribution in [3.63, 3.8) is 0 Å². The van der Waals surface area contributed by atoms with Gasteiger partial charge in [-0.25, -0.2) is 0 Å². The summed E-state index contributed by atoms with van der Waals surface area (Å²) in [5.41, 5.74) is 1.73. The topological polar surface area (TPSA) is 73.0 Å². The summed E-state index contributed by atoms with van der Waals surface area (Å²) in [6, 6.07) is 18.0. The lowest BCUT2D eigenvalue weighted by atomic mass is 9.94. The summed E-state index contributed by atoms with van der Waals surface area (Å²) in [5, 5.41) is 5.88. The first-order valence-corrected chi connectivity index (χ1v) is 11.7. The molecule has 0 aromatic heterocycles. The summed E-state index contributed by atoms with van der Waals surface area (Å²) in [6.07, 6.45) is 0. The fourth-order valence-corrected chi connectivity index (χ4v) is 4.78. The largest absolute Gasteiger partial charge is 0.345 e. The van der Waals surface area contributed by atoms with Crippen LogP contribution in [0.15, 0.2) is 60.7 Å². The van der Waals surface area contributed by atoms with E-state index in [4.69, 9.17) is 23.8 Å². The van der Waals surface area contributed by atoms with Crippen LogP contribution < -0.4 is 5.32 Å². The van der Waals surface area contributed by atoms with Gasteiger partial charge < -0.3 is 15.1 Å². The summed E-state index contributed by atoms with van der Waals surface area (Å²) in [6.45, 7) is 1.72. The van der Waals surface area contributed by atoms with Crippen LogP contribution in [-0.4, -0.2) is 70.3 Å². The molecule has 2 heterocycles. The number of carbonyl (C=O) groups is 3. The first kappa shape index (κ1) is 22.3. The highest BCUT2D eigenvalue weighted by Crippen LogP contribution is 2.30. The molecule has 1 N–H and O–H groups in total. The predicted molar refractivity (Wildman–Crippen MR) is 135 cm³/mol. The number of anilines is 1. The van der Waals surface area contributed by atoms with Crippen molar-refractivity contribution in [2.45, 2.75) is 0 Å². The zero-order valence-corrected chi connectivity index (χ0v) is 19.7. The molecule has 0 radical (unpaired) electrons. The molecule has 5 rings (SSSR count). The molecule has 1 fully saturated rings. The van der Waals surface area contributed by atoms with Gasteiger partial charge in [0.1, 0.15) is 6.54 Å². The van der Waals surface area contributed by atoms with Gasteiger partial charge in [-0.3, -0.25) is 19.3 Å². The molecule has 3 aromatic rings. The number of halogens is 1. The van der Waals surface area contributed by atoms with E-state index in [1.54, 1.807) is 41.3 Å². The van der Waals surface area contributed by atoms with Crippen molar-refractivity contribution in [2.75, 3.05) is 38.0 Å². The molecule has 0 saturated carbocycles. The lowest BCUT2D eigenvalue weighted by Crippen LogP contribution is -2.54.